The molecule has 0 aliphatic heterocycles. The SMILES string of the molecule is Cn1cc(N)cc1C(=O)Nc1cc(F)cc(F)c1. The van der Waals surface area contributed by atoms with Crippen molar-refractivity contribution < 1.29 is 13.6 Å². The Bertz CT molecular complexity index is 587. The summed E-state index contributed by atoms with van der Waals surface area (Å²) in [6.45, 7) is 0. The third-order valence-electron chi connectivity index (χ3n) is 2.38. The molecule has 0 atom stereocenters. The summed E-state index contributed by atoms with van der Waals surface area (Å²) < 4.78 is 27.4. The molecule has 2 aromatic rings. The molecule has 1 amide bonds. The van der Waals surface area contributed by atoms with Crippen LogP contribution in [-0.4, -0.2) is 10.5 Å². The largest absolute Gasteiger partial charge is 0.397 e. The van der Waals surface area contributed by atoms with Crippen LogP contribution in [-0.2, 0) is 7.05 Å². The average Bonchev–Trinajstić information content (AvgIpc) is 2.56. The zero-order chi connectivity index (χ0) is 13.3. The quantitative estimate of drug-likeness (QED) is 0.859. The zero-order valence-electron chi connectivity index (χ0n) is 9.58. The molecule has 1 aromatic heterocycles. The first kappa shape index (κ1) is 12.1. The maximum atomic E-state index is 12.9. The molecule has 0 bridgehead atoms. The van der Waals surface area contributed by atoms with E-state index in [1.807, 2.05) is 0 Å². The third-order valence-corrected chi connectivity index (χ3v) is 2.38. The molecular weight excluding hydrogens is 240 g/mol. The van der Waals surface area contributed by atoms with Crippen molar-refractivity contribution in [2.45, 2.75) is 0 Å². The molecule has 0 spiro atoms. The smallest absolute Gasteiger partial charge is 0.272 e. The molecule has 0 fully saturated rings. The lowest BCUT2D eigenvalue weighted by Crippen LogP contribution is -2.15. The molecule has 1 aromatic carbocycles. The van der Waals surface area contributed by atoms with Crippen molar-refractivity contribution in [1.29, 1.82) is 0 Å². The third kappa shape index (κ3) is 2.48. The van der Waals surface area contributed by atoms with E-state index in [1.54, 1.807) is 13.2 Å². The molecule has 4 nitrogen and oxygen atoms in total. The number of nitrogens with two attached hydrogens (primary N) is 1. The Hall–Kier alpha value is -2.37. The fourth-order valence-corrected chi connectivity index (χ4v) is 1.64. The Balaban J connectivity index is 2.23. The summed E-state index contributed by atoms with van der Waals surface area (Å²) in [4.78, 5) is 11.8. The van der Waals surface area contributed by atoms with Crippen molar-refractivity contribution in [3.8, 4) is 0 Å². The molecule has 0 aliphatic rings. The molecule has 1 heterocycles. The Morgan fingerprint density at radius 3 is 2.33 bits per heavy atom. The van der Waals surface area contributed by atoms with Gasteiger partial charge in [-0.2, -0.15) is 0 Å². The number of nitrogens with zero attached hydrogens (tertiary/aromatic N) is 1. The van der Waals surface area contributed by atoms with Crippen LogP contribution in [0.1, 0.15) is 10.5 Å². The second kappa shape index (κ2) is 4.48. The van der Waals surface area contributed by atoms with Crippen LogP contribution in [0.5, 0.6) is 0 Å². The summed E-state index contributed by atoms with van der Waals surface area (Å²) in [6, 6.07) is 4.28. The lowest BCUT2D eigenvalue weighted by molar-refractivity contribution is 0.101. The standard InChI is InChI=1S/C12H11F2N3O/c1-17-6-9(15)5-11(17)12(18)16-10-3-7(13)2-8(14)4-10/h2-6H,15H2,1H3,(H,16,18). The number of benzene rings is 1. The van der Waals surface area contributed by atoms with Crippen LogP contribution < -0.4 is 11.1 Å². The van der Waals surface area contributed by atoms with E-state index in [9.17, 15) is 13.6 Å². The lowest BCUT2D eigenvalue weighted by Gasteiger charge is -2.06. The number of nitrogen functional groups attached to an aromatic ring is 1. The number of halogens is 2. The van der Waals surface area contributed by atoms with Crippen molar-refractivity contribution in [2.24, 2.45) is 7.05 Å². The van der Waals surface area contributed by atoms with Gasteiger partial charge in [-0.1, -0.05) is 0 Å². The number of carbonyl (C=O) groups excluding carboxylic acids is 1. The molecule has 0 saturated heterocycles. The second-order valence-corrected chi connectivity index (χ2v) is 3.88. The molecule has 0 aliphatic carbocycles. The molecule has 3 N–H and O–H groups in total. The number of aromatic nitrogens is 1. The van der Waals surface area contributed by atoms with Gasteiger partial charge in [0.15, 0.2) is 0 Å². The van der Waals surface area contributed by atoms with E-state index >= 15 is 0 Å². The fourth-order valence-electron chi connectivity index (χ4n) is 1.64. The predicted octanol–water partition coefficient (Wildman–Crippen LogP) is 2.14. The van der Waals surface area contributed by atoms with E-state index in [0.29, 0.717) is 11.4 Å². The Kier molecular flexibility index (Phi) is 3.01. The summed E-state index contributed by atoms with van der Waals surface area (Å²) in [5.74, 6) is -1.99. The van der Waals surface area contributed by atoms with E-state index in [0.717, 1.165) is 18.2 Å². The van der Waals surface area contributed by atoms with Gasteiger partial charge in [0.1, 0.15) is 17.3 Å². The molecular formula is C12H11F2N3O. The van der Waals surface area contributed by atoms with Crippen molar-refractivity contribution in [3.05, 3.63) is 47.8 Å². The summed E-state index contributed by atoms with van der Waals surface area (Å²) in [5, 5.41) is 2.40. The monoisotopic (exact) mass is 251 g/mol. The minimum absolute atomic E-state index is 0.0530. The lowest BCUT2D eigenvalue weighted by atomic mass is 10.3. The number of aryl methyl sites for hydroxylation is 1. The van der Waals surface area contributed by atoms with Gasteiger partial charge in [0.2, 0.25) is 0 Å². The highest BCUT2D eigenvalue weighted by molar-refractivity contribution is 6.03. The van der Waals surface area contributed by atoms with Gasteiger partial charge in [-0.3, -0.25) is 4.79 Å². The number of anilines is 2. The van der Waals surface area contributed by atoms with Crippen molar-refractivity contribution in [1.82, 2.24) is 4.57 Å². The molecule has 6 heteroatoms. The van der Waals surface area contributed by atoms with E-state index < -0.39 is 17.5 Å². The maximum Gasteiger partial charge on any atom is 0.272 e. The number of hydrogen-bond donors (Lipinski definition) is 2. The highest BCUT2D eigenvalue weighted by atomic mass is 19.1. The Morgan fingerprint density at radius 2 is 1.83 bits per heavy atom. The highest BCUT2D eigenvalue weighted by Gasteiger charge is 2.12. The summed E-state index contributed by atoms with van der Waals surface area (Å²) in [6.07, 6.45) is 1.57. The van der Waals surface area contributed by atoms with Gasteiger partial charge in [0, 0.05) is 25.0 Å². The molecule has 0 unspecified atom stereocenters. The molecule has 0 radical (unpaired) electrons. The van der Waals surface area contributed by atoms with Gasteiger partial charge in [0.05, 0.1) is 5.69 Å². The van der Waals surface area contributed by atoms with Gasteiger partial charge in [-0.25, -0.2) is 8.78 Å². The molecule has 0 saturated carbocycles. The maximum absolute atomic E-state index is 12.9. The minimum Gasteiger partial charge on any atom is -0.397 e. The number of hydrogen-bond acceptors (Lipinski definition) is 2. The molecule has 2 rings (SSSR count). The summed E-state index contributed by atoms with van der Waals surface area (Å²) in [7, 11) is 1.65. The number of nitrogens with one attached hydrogen (secondary N) is 1. The van der Waals surface area contributed by atoms with Crippen molar-refractivity contribution in [2.75, 3.05) is 11.1 Å². The van der Waals surface area contributed by atoms with Crippen molar-refractivity contribution >= 4 is 17.3 Å². The summed E-state index contributed by atoms with van der Waals surface area (Å²) in [5.41, 5.74) is 6.33. The first-order valence-corrected chi connectivity index (χ1v) is 5.15. The summed E-state index contributed by atoms with van der Waals surface area (Å²) >= 11 is 0. The van der Waals surface area contributed by atoms with Crippen LogP contribution >= 0.6 is 0 Å². The van der Waals surface area contributed by atoms with Crippen LogP contribution in [0.2, 0.25) is 0 Å². The van der Waals surface area contributed by atoms with E-state index in [1.165, 1.54) is 10.6 Å². The van der Waals surface area contributed by atoms with Crippen LogP contribution in [0.25, 0.3) is 0 Å². The van der Waals surface area contributed by atoms with Gasteiger partial charge >= 0.3 is 0 Å². The minimum atomic E-state index is -0.753. The second-order valence-electron chi connectivity index (χ2n) is 3.88. The number of rotatable bonds is 2. The Morgan fingerprint density at radius 1 is 1.22 bits per heavy atom. The average molecular weight is 251 g/mol. The van der Waals surface area contributed by atoms with Gasteiger partial charge in [-0.15, -0.1) is 0 Å². The molecule has 94 valence electrons. The van der Waals surface area contributed by atoms with Crippen molar-refractivity contribution in [3.63, 3.8) is 0 Å². The number of carbonyl (C=O) groups is 1. The fraction of sp³-hybridized carbons (Fsp3) is 0.0833. The highest BCUT2D eigenvalue weighted by Crippen LogP contribution is 2.15. The number of amides is 1. The van der Waals surface area contributed by atoms with Gasteiger partial charge in [0.25, 0.3) is 5.91 Å². The first-order chi connectivity index (χ1) is 8.45. The van der Waals surface area contributed by atoms with E-state index in [-0.39, 0.29) is 5.69 Å². The first-order valence-electron chi connectivity index (χ1n) is 5.15. The van der Waals surface area contributed by atoms with E-state index in [4.69, 9.17) is 5.73 Å². The van der Waals surface area contributed by atoms with Gasteiger partial charge in [-0.05, 0) is 18.2 Å². The van der Waals surface area contributed by atoms with Crippen LogP contribution in [0.3, 0.4) is 0 Å². The Labute approximate surface area is 102 Å². The van der Waals surface area contributed by atoms with Crippen LogP contribution in [0.15, 0.2) is 30.5 Å². The van der Waals surface area contributed by atoms with E-state index in [2.05, 4.69) is 5.32 Å². The topological polar surface area (TPSA) is 60.0 Å². The van der Waals surface area contributed by atoms with Crippen LogP contribution in [0.4, 0.5) is 20.2 Å². The zero-order valence-corrected chi connectivity index (χ0v) is 9.58. The molecule has 18 heavy (non-hydrogen) atoms. The predicted molar refractivity (Wildman–Crippen MR) is 64.1 cm³/mol. The van der Waals surface area contributed by atoms with Gasteiger partial charge < -0.3 is 15.6 Å². The van der Waals surface area contributed by atoms with Crippen LogP contribution in [0, 0.1) is 11.6 Å². The normalized spacial score (nSPS) is 10.4.